The number of amides is 1. The molecule has 0 fully saturated rings. The van der Waals surface area contributed by atoms with Gasteiger partial charge in [0.15, 0.2) is 0 Å². The van der Waals surface area contributed by atoms with Crippen molar-refractivity contribution in [2.75, 3.05) is 11.5 Å². The second kappa shape index (κ2) is 6.18. The normalized spacial score (nSPS) is 17.0. The molecule has 0 saturated heterocycles. The first kappa shape index (κ1) is 14.6. The minimum Gasteiger partial charge on any atom is -0.449 e. The lowest BCUT2D eigenvalue weighted by Gasteiger charge is -2.36. The average Bonchev–Trinajstić information content (AvgIpc) is 2.54. The maximum atomic E-state index is 12.5. The van der Waals surface area contributed by atoms with Crippen LogP contribution in [0.5, 0.6) is 0 Å². The van der Waals surface area contributed by atoms with E-state index in [0.29, 0.717) is 6.61 Å². The molecule has 1 atom stereocenters. The number of carbonyl (C=O) groups is 1. The number of rotatable bonds is 2. The second-order valence-electron chi connectivity index (χ2n) is 5.54. The minimum absolute atomic E-state index is 0.0250. The van der Waals surface area contributed by atoms with Crippen LogP contribution >= 0.6 is 0 Å². The Hall–Kier alpha value is -2.36. The van der Waals surface area contributed by atoms with Crippen molar-refractivity contribution >= 4 is 11.8 Å². The molecule has 0 aliphatic carbocycles. The zero-order chi connectivity index (χ0) is 15.5. The summed E-state index contributed by atoms with van der Waals surface area (Å²) in [5.74, 6) is 0. The van der Waals surface area contributed by atoms with Crippen LogP contribution in [0, 0.1) is 6.92 Å². The zero-order valence-electron chi connectivity index (χ0n) is 13.0. The van der Waals surface area contributed by atoms with Gasteiger partial charge in [-0.2, -0.15) is 0 Å². The van der Waals surface area contributed by atoms with E-state index >= 15 is 0 Å². The first-order valence-corrected chi connectivity index (χ1v) is 7.66. The van der Waals surface area contributed by atoms with Gasteiger partial charge in [0.2, 0.25) is 0 Å². The summed E-state index contributed by atoms with van der Waals surface area (Å²) < 4.78 is 5.29. The monoisotopic (exact) mass is 296 g/mol. The molecule has 1 amide bonds. The number of ether oxygens (including phenoxy) is 1. The summed E-state index contributed by atoms with van der Waals surface area (Å²) in [6.07, 6.45) is 5.11. The number of benzene rings is 1. The zero-order valence-corrected chi connectivity index (χ0v) is 13.0. The fraction of sp³-hybridized carbons (Fsp3) is 0.333. The number of carbonyl (C=O) groups excluding carboxylic acids is 1. The highest BCUT2D eigenvalue weighted by Crippen LogP contribution is 2.39. The van der Waals surface area contributed by atoms with Crippen molar-refractivity contribution in [1.29, 1.82) is 0 Å². The Bertz CT molecular complexity index is 670. The summed E-state index contributed by atoms with van der Waals surface area (Å²) in [5.41, 5.74) is 4.40. The Labute approximate surface area is 130 Å². The summed E-state index contributed by atoms with van der Waals surface area (Å²) in [5, 5.41) is 0. The first-order chi connectivity index (χ1) is 10.7. The third-order valence-corrected chi connectivity index (χ3v) is 4.03. The Morgan fingerprint density at radius 1 is 1.41 bits per heavy atom. The van der Waals surface area contributed by atoms with Crippen molar-refractivity contribution < 1.29 is 9.53 Å². The summed E-state index contributed by atoms with van der Waals surface area (Å²) in [6, 6.07) is 10.1. The largest absolute Gasteiger partial charge is 0.449 e. The van der Waals surface area contributed by atoms with Gasteiger partial charge in [0, 0.05) is 12.4 Å². The van der Waals surface area contributed by atoms with Gasteiger partial charge >= 0.3 is 6.09 Å². The molecule has 114 valence electrons. The van der Waals surface area contributed by atoms with Crippen LogP contribution in [0.15, 0.2) is 42.7 Å². The first-order valence-electron chi connectivity index (χ1n) is 7.66. The smallest absolute Gasteiger partial charge is 0.414 e. The number of nitrogens with zero attached hydrogens (tertiary/aromatic N) is 2. The molecule has 3 rings (SSSR count). The van der Waals surface area contributed by atoms with Crippen molar-refractivity contribution in [2.24, 2.45) is 0 Å². The van der Waals surface area contributed by atoms with Gasteiger partial charge in [0.05, 0.1) is 18.3 Å². The Kier molecular flexibility index (Phi) is 4.09. The van der Waals surface area contributed by atoms with E-state index in [2.05, 4.69) is 18.0 Å². The standard InChI is InChI=1S/C18H20N2O2/c1-3-22-18(21)20-16-8-6-13(2)11-14(16)7-9-17(20)15-5-4-10-19-12-15/h4-6,8,10-12,17H,3,7,9H2,1-2H3. The highest BCUT2D eigenvalue weighted by atomic mass is 16.6. The van der Waals surface area contributed by atoms with Crippen molar-refractivity contribution in [3.63, 3.8) is 0 Å². The van der Waals surface area contributed by atoms with Gasteiger partial charge in [-0.1, -0.05) is 23.8 Å². The molecule has 4 nitrogen and oxygen atoms in total. The summed E-state index contributed by atoms with van der Waals surface area (Å²) >= 11 is 0. The molecule has 1 aromatic carbocycles. The minimum atomic E-state index is -0.291. The quantitative estimate of drug-likeness (QED) is 0.840. The van der Waals surface area contributed by atoms with Crippen molar-refractivity contribution in [3.05, 3.63) is 59.4 Å². The molecule has 0 spiro atoms. The van der Waals surface area contributed by atoms with E-state index in [-0.39, 0.29) is 12.1 Å². The maximum Gasteiger partial charge on any atom is 0.414 e. The van der Waals surface area contributed by atoms with E-state index in [1.807, 2.05) is 37.4 Å². The van der Waals surface area contributed by atoms with Gasteiger partial charge in [-0.05, 0) is 49.9 Å². The molecule has 0 N–H and O–H groups in total. The molecule has 1 aliphatic rings. The van der Waals surface area contributed by atoms with Gasteiger partial charge in [-0.15, -0.1) is 0 Å². The van der Waals surface area contributed by atoms with Crippen LogP contribution in [0.2, 0.25) is 0 Å². The van der Waals surface area contributed by atoms with Crippen molar-refractivity contribution in [3.8, 4) is 0 Å². The lowest BCUT2D eigenvalue weighted by Crippen LogP contribution is -2.39. The summed E-state index contributed by atoms with van der Waals surface area (Å²) in [7, 11) is 0. The fourth-order valence-electron chi connectivity index (χ4n) is 3.05. The second-order valence-corrected chi connectivity index (χ2v) is 5.54. The number of fused-ring (bicyclic) bond motifs is 1. The maximum absolute atomic E-state index is 12.5. The molecule has 0 radical (unpaired) electrons. The van der Waals surface area contributed by atoms with E-state index in [4.69, 9.17) is 4.74 Å². The van der Waals surface area contributed by atoms with E-state index in [1.54, 1.807) is 11.1 Å². The lowest BCUT2D eigenvalue weighted by molar-refractivity contribution is 0.156. The molecule has 4 heteroatoms. The Morgan fingerprint density at radius 3 is 3.00 bits per heavy atom. The molecule has 2 aromatic rings. The number of aromatic nitrogens is 1. The lowest BCUT2D eigenvalue weighted by atomic mass is 9.91. The molecule has 1 aromatic heterocycles. The molecule has 22 heavy (non-hydrogen) atoms. The summed E-state index contributed by atoms with van der Waals surface area (Å²) in [6.45, 7) is 4.27. The number of anilines is 1. The van der Waals surface area contributed by atoms with Crippen LogP contribution in [0.25, 0.3) is 0 Å². The number of aryl methyl sites for hydroxylation is 2. The van der Waals surface area contributed by atoms with E-state index in [0.717, 1.165) is 24.1 Å². The van der Waals surface area contributed by atoms with Gasteiger partial charge in [-0.25, -0.2) is 4.79 Å². The van der Waals surface area contributed by atoms with Gasteiger partial charge in [0.1, 0.15) is 0 Å². The van der Waals surface area contributed by atoms with Crippen LogP contribution in [-0.2, 0) is 11.2 Å². The fourth-order valence-corrected chi connectivity index (χ4v) is 3.05. The van der Waals surface area contributed by atoms with Crippen molar-refractivity contribution in [2.45, 2.75) is 32.7 Å². The third-order valence-electron chi connectivity index (χ3n) is 4.03. The van der Waals surface area contributed by atoms with Crippen molar-refractivity contribution in [1.82, 2.24) is 4.98 Å². The number of hydrogen-bond acceptors (Lipinski definition) is 3. The van der Waals surface area contributed by atoms with Crippen LogP contribution in [0.3, 0.4) is 0 Å². The Balaban J connectivity index is 2.04. The highest BCUT2D eigenvalue weighted by Gasteiger charge is 2.33. The molecule has 0 saturated carbocycles. The average molecular weight is 296 g/mol. The van der Waals surface area contributed by atoms with Gasteiger partial charge < -0.3 is 4.74 Å². The molecule has 2 heterocycles. The molecule has 0 bridgehead atoms. The molecular weight excluding hydrogens is 276 g/mol. The van der Waals surface area contributed by atoms with Crippen LogP contribution in [0.1, 0.15) is 36.1 Å². The number of pyridine rings is 1. The topological polar surface area (TPSA) is 42.4 Å². The predicted octanol–water partition coefficient (Wildman–Crippen LogP) is 4.04. The van der Waals surface area contributed by atoms with Gasteiger partial charge in [-0.3, -0.25) is 9.88 Å². The molecule has 1 aliphatic heterocycles. The van der Waals surface area contributed by atoms with E-state index in [1.165, 1.54) is 11.1 Å². The van der Waals surface area contributed by atoms with Crippen LogP contribution in [-0.4, -0.2) is 17.7 Å². The molecule has 1 unspecified atom stereocenters. The summed E-state index contributed by atoms with van der Waals surface area (Å²) in [4.78, 5) is 18.5. The predicted molar refractivity (Wildman–Crippen MR) is 86.0 cm³/mol. The highest BCUT2D eigenvalue weighted by molar-refractivity contribution is 5.90. The number of hydrogen-bond donors (Lipinski definition) is 0. The van der Waals surface area contributed by atoms with E-state index in [9.17, 15) is 4.79 Å². The van der Waals surface area contributed by atoms with Crippen LogP contribution < -0.4 is 4.90 Å². The molecular formula is C18H20N2O2. The Morgan fingerprint density at radius 2 is 2.27 bits per heavy atom. The SMILES string of the molecule is CCOC(=O)N1c2ccc(C)cc2CCC1c1cccnc1. The van der Waals surface area contributed by atoms with Crippen LogP contribution in [0.4, 0.5) is 10.5 Å². The van der Waals surface area contributed by atoms with Gasteiger partial charge in [0.25, 0.3) is 0 Å². The van der Waals surface area contributed by atoms with E-state index < -0.39 is 0 Å². The third kappa shape index (κ3) is 2.69.